The lowest BCUT2D eigenvalue weighted by molar-refractivity contribution is -0.150. The van der Waals surface area contributed by atoms with E-state index in [2.05, 4.69) is 10.6 Å². The predicted molar refractivity (Wildman–Crippen MR) is 155 cm³/mol. The minimum Gasteiger partial charge on any atom is -0.494 e. The minimum absolute atomic E-state index is 0.0507. The van der Waals surface area contributed by atoms with Gasteiger partial charge in [-0.3, -0.25) is 14.4 Å². The first-order valence-electron chi connectivity index (χ1n) is 15.5. The number of rotatable bonds is 10. The number of fused-ring (bicyclic) bond motifs is 1. The van der Waals surface area contributed by atoms with Crippen LogP contribution in [0.3, 0.4) is 0 Å². The molecule has 41 heavy (non-hydrogen) atoms. The number of carbonyl (C=O) groups is 3. The number of nitrogens with zero attached hydrogens (tertiary/aromatic N) is 1. The third-order valence-corrected chi connectivity index (χ3v) is 10.0. The van der Waals surface area contributed by atoms with E-state index in [-0.39, 0.29) is 42.2 Å². The van der Waals surface area contributed by atoms with Gasteiger partial charge in [0.1, 0.15) is 17.4 Å². The molecule has 9 nitrogen and oxygen atoms in total. The second kappa shape index (κ2) is 11.6. The Morgan fingerprint density at radius 1 is 1.15 bits per heavy atom. The van der Waals surface area contributed by atoms with Gasteiger partial charge < -0.3 is 30.1 Å². The number of benzene rings is 1. The predicted octanol–water partition coefficient (Wildman–Crippen LogP) is 3.89. The SMILES string of the molecule is CCOc1ccc(NC(=O)[C@H]2[C@H]3C(=O)N([C@@H](CO)CC(C)C)C(C(=O)NC4CCCCC4)C34CC(C)[C@]2(C)O4)cc1. The summed E-state index contributed by atoms with van der Waals surface area (Å²) in [6, 6.07) is 5.79. The lowest BCUT2D eigenvalue weighted by Crippen LogP contribution is -2.59. The first kappa shape index (κ1) is 29.8. The van der Waals surface area contributed by atoms with E-state index in [9.17, 15) is 19.5 Å². The molecule has 3 aliphatic heterocycles. The number of anilines is 1. The summed E-state index contributed by atoms with van der Waals surface area (Å²) in [5.74, 6) is -1.51. The van der Waals surface area contributed by atoms with Crippen LogP contribution < -0.4 is 15.4 Å². The maximum absolute atomic E-state index is 14.5. The zero-order chi connectivity index (χ0) is 29.5. The van der Waals surface area contributed by atoms with Gasteiger partial charge in [0.15, 0.2) is 0 Å². The first-order chi connectivity index (χ1) is 19.6. The zero-order valence-corrected chi connectivity index (χ0v) is 25.2. The first-order valence-corrected chi connectivity index (χ1v) is 15.5. The molecule has 3 unspecified atom stereocenters. The van der Waals surface area contributed by atoms with Crippen molar-refractivity contribution in [3.8, 4) is 5.75 Å². The van der Waals surface area contributed by atoms with E-state index in [1.165, 1.54) is 0 Å². The van der Waals surface area contributed by atoms with Gasteiger partial charge >= 0.3 is 0 Å². The molecule has 1 saturated carbocycles. The molecule has 0 aromatic heterocycles. The maximum atomic E-state index is 14.5. The van der Waals surface area contributed by atoms with Gasteiger partial charge in [-0.15, -0.1) is 0 Å². The van der Waals surface area contributed by atoms with E-state index in [4.69, 9.17) is 9.47 Å². The zero-order valence-electron chi connectivity index (χ0n) is 25.2. The number of aliphatic hydroxyl groups excluding tert-OH is 1. The van der Waals surface area contributed by atoms with Crippen LogP contribution in [0.15, 0.2) is 24.3 Å². The molecule has 1 aliphatic carbocycles. The van der Waals surface area contributed by atoms with Crippen LogP contribution in [0, 0.1) is 23.7 Å². The Labute approximate surface area is 243 Å². The molecule has 9 heteroatoms. The summed E-state index contributed by atoms with van der Waals surface area (Å²) in [6.45, 7) is 10.2. The van der Waals surface area contributed by atoms with Gasteiger partial charge in [-0.25, -0.2) is 0 Å². The monoisotopic (exact) mass is 569 g/mol. The van der Waals surface area contributed by atoms with Crippen molar-refractivity contribution in [1.82, 2.24) is 10.2 Å². The largest absolute Gasteiger partial charge is 0.494 e. The molecule has 4 aliphatic rings. The van der Waals surface area contributed by atoms with E-state index >= 15 is 0 Å². The van der Waals surface area contributed by atoms with Crippen molar-refractivity contribution < 1.29 is 29.0 Å². The Balaban J connectivity index is 1.50. The summed E-state index contributed by atoms with van der Waals surface area (Å²) in [6.07, 6.45) is 6.19. The molecule has 1 spiro atoms. The minimum atomic E-state index is -1.13. The van der Waals surface area contributed by atoms with Crippen molar-refractivity contribution in [3.05, 3.63) is 24.3 Å². The van der Waals surface area contributed by atoms with E-state index in [1.54, 1.807) is 29.2 Å². The smallest absolute Gasteiger partial charge is 0.246 e. The van der Waals surface area contributed by atoms with Gasteiger partial charge in [0.2, 0.25) is 17.7 Å². The number of aliphatic hydroxyl groups is 1. The van der Waals surface area contributed by atoms with E-state index in [0.717, 1.165) is 32.1 Å². The van der Waals surface area contributed by atoms with Gasteiger partial charge in [0, 0.05) is 11.7 Å². The van der Waals surface area contributed by atoms with Crippen molar-refractivity contribution in [2.75, 3.05) is 18.5 Å². The lowest BCUT2D eigenvalue weighted by atomic mass is 9.62. The summed E-state index contributed by atoms with van der Waals surface area (Å²) in [5.41, 5.74) is -1.43. The Hall–Kier alpha value is -2.65. The second-order valence-electron chi connectivity index (χ2n) is 13.2. The van der Waals surface area contributed by atoms with Crippen LogP contribution >= 0.6 is 0 Å². The molecular formula is C32H47N3O6. The molecule has 0 radical (unpaired) electrons. The highest BCUT2D eigenvalue weighted by Gasteiger charge is 2.80. The molecule has 3 N–H and O–H groups in total. The summed E-state index contributed by atoms with van der Waals surface area (Å²) in [4.78, 5) is 44.3. The fourth-order valence-electron chi connectivity index (χ4n) is 8.14. The molecule has 1 aromatic rings. The van der Waals surface area contributed by atoms with E-state index in [1.807, 2.05) is 34.6 Å². The quantitative estimate of drug-likeness (QED) is 0.394. The van der Waals surface area contributed by atoms with Gasteiger partial charge in [-0.05, 0) is 75.6 Å². The number of amides is 3. The van der Waals surface area contributed by atoms with Crippen molar-refractivity contribution in [1.29, 1.82) is 0 Å². The molecular weight excluding hydrogens is 522 g/mol. The maximum Gasteiger partial charge on any atom is 0.246 e. The topological polar surface area (TPSA) is 117 Å². The number of nitrogens with one attached hydrogen (secondary N) is 2. The molecule has 7 atom stereocenters. The Kier molecular flexibility index (Phi) is 8.41. The molecule has 4 fully saturated rings. The van der Waals surface area contributed by atoms with E-state index in [0.29, 0.717) is 30.9 Å². The summed E-state index contributed by atoms with van der Waals surface area (Å²) in [7, 11) is 0. The number of hydrogen-bond donors (Lipinski definition) is 3. The number of likely N-dealkylation sites (tertiary alicyclic amines) is 1. The summed E-state index contributed by atoms with van der Waals surface area (Å²) >= 11 is 0. The van der Waals surface area contributed by atoms with Crippen molar-refractivity contribution in [2.45, 2.75) is 109 Å². The van der Waals surface area contributed by atoms with Crippen molar-refractivity contribution in [3.63, 3.8) is 0 Å². The van der Waals surface area contributed by atoms with Crippen molar-refractivity contribution >= 4 is 23.4 Å². The van der Waals surface area contributed by atoms with Crippen LogP contribution in [0.5, 0.6) is 5.75 Å². The van der Waals surface area contributed by atoms with Crippen molar-refractivity contribution in [2.24, 2.45) is 23.7 Å². The Morgan fingerprint density at radius 2 is 1.83 bits per heavy atom. The number of hydrogen-bond acceptors (Lipinski definition) is 6. The normalized spacial score (nSPS) is 33.6. The standard InChI is InChI=1S/C32H47N3O6/c1-6-40-24-14-12-22(13-15-24)33-28(37)25-26-30(39)35(23(18-36)16-19(2)3)27(29(38)34-21-10-8-7-9-11-21)32(26)17-20(4)31(25,5)41-32/h12-15,19-21,23,25-27,36H,6-11,16-18H2,1-5H3,(H,33,37)(H,34,38)/t20?,23-,25-,26+,27?,31+,32?/m1/s1. The summed E-state index contributed by atoms with van der Waals surface area (Å²) < 4.78 is 12.4. The fourth-order valence-corrected chi connectivity index (χ4v) is 8.14. The van der Waals surface area contributed by atoms with Crippen LogP contribution in [0.2, 0.25) is 0 Å². The average Bonchev–Trinajstić information content (AvgIpc) is 3.45. The number of ether oxygens (including phenoxy) is 2. The number of carbonyl (C=O) groups excluding carboxylic acids is 3. The third-order valence-electron chi connectivity index (χ3n) is 10.0. The highest BCUT2D eigenvalue weighted by Crippen LogP contribution is 2.65. The van der Waals surface area contributed by atoms with Crippen LogP contribution in [0.25, 0.3) is 0 Å². The summed E-state index contributed by atoms with van der Waals surface area (Å²) in [5, 5.41) is 16.8. The molecule has 2 bridgehead atoms. The highest BCUT2D eigenvalue weighted by atomic mass is 16.5. The Bertz CT molecular complexity index is 1130. The third kappa shape index (κ3) is 5.13. The van der Waals surface area contributed by atoms with Gasteiger partial charge in [-0.1, -0.05) is 40.0 Å². The van der Waals surface area contributed by atoms with E-state index < -0.39 is 35.1 Å². The molecule has 3 amide bonds. The van der Waals surface area contributed by atoms with Crippen LogP contribution in [0.1, 0.15) is 79.6 Å². The molecule has 3 saturated heterocycles. The average molecular weight is 570 g/mol. The second-order valence-corrected chi connectivity index (χ2v) is 13.2. The van der Waals surface area contributed by atoms with Crippen LogP contribution in [0.4, 0.5) is 5.69 Å². The fraction of sp³-hybridized carbons (Fsp3) is 0.719. The van der Waals surface area contributed by atoms with Crippen LogP contribution in [-0.4, -0.2) is 70.3 Å². The van der Waals surface area contributed by atoms with Gasteiger partial charge in [0.05, 0.1) is 36.7 Å². The van der Waals surface area contributed by atoms with Crippen LogP contribution in [-0.2, 0) is 19.1 Å². The highest BCUT2D eigenvalue weighted by molar-refractivity contribution is 6.02. The molecule has 5 rings (SSSR count). The van der Waals surface area contributed by atoms with Gasteiger partial charge in [0.25, 0.3) is 0 Å². The molecule has 3 heterocycles. The lowest BCUT2D eigenvalue weighted by Gasteiger charge is -2.38. The molecule has 1 aromatic carbocycles. The molecule has 226 valence electrons. The Morgan fingerprint density at radius 3 is 2.44 bits per heavy atom. The van der Waals surface area contributed by atoms with Gasteiger partial charge in [-0.2, -0.15) is 0 Å².